The van der Waals surface area contributed by atoms with Crippen molar-refractivity contribution in [1.82, 2.24) is 0 Å². The molecule has 0 unspecified atom stereocenters. The molecule has 0 atom stereocenters. The van der Waals surface area contributed by atoms with Gasteiger partial charge in [0.25, 0.3) is 0 Å². The minimum Gasteiger partial charge on any atom is -0.478 e. The van der Waals surface area contributed by atoms with Crippen LogP contribution in [0.15, 0.2) is 53.4 Å². The summed E-state index contributed by atoms with van der Waals surface area (Å²) < 4.78 is 22.6. The van der Waals surface area contributed by atoms with Crippen LogP contribution in [-0.2, 0) is 10.0 Å². The number of primary sulfonamides is 1. The lowest BCUT2D eigenvalue weighted by atomic mass is 10.0. The molecular formula is C13H11NO4S. The first kappa shape index (κ1) is 13.3. The summed E-state index contributed by atoms with van der Waals surface area (Å²) in [5, 5.41) is 14.0. The molecule has 0 spiro atoms. The molecule has 0 aromatic heterocycles. The van der Waals surface area contributed by atoms with Gasteiger partial charge in [-0.15, -0.1) is 0 Å². The summed E-state index contributed by atoms with van der Waals surface area (Å²) in [4.78, 5) is 10.9. The van der Waals surface area contributed by atoms with E-state index >= 15 is 0 Å². The third-order valence-corrected chi connectivity index (χ3v) is 3.52. The zero-order valence-corrected chi connectivity index (χ0v) is 10.6. The van der Waals surface area contributed by atoms with Crippen LogP contribution in [0, 0.1) is 0 Å². The van der Waals surface area contributed by atoms with Crippen molar-refractivity contribution in [1.29, 1.82) is 0 Å². The van der Waals surface area contributed by atoms with Gasteiger partial charge in [0.1, 0.15) is 0 Å². The van der Waals surface area contributed by atoms with E-state index in [4.69, 9.17) is 10.2 Å². The van der Waals surface area contributed by atoms with Gasteiger partial charge in [-0.05, 0) is 35.4 Å². The predicted octanol–water partition coefficient (Wildman–Crippen LogP) is 1.70. The van der Waals surface area contributed by atoms with Gasteiger partial charge in [0, 0.05) is 0 Å². The van der Waals surface area contributed by atoms with E-state index in [1.165, 1.54) is 24.3 Å². The molecule has 0 saturated carbocycles. The lowest BCUT2D eigenvalue weighted by Gasteiger charge is -2.05. The normalized spacial score (nSPS) is 11.2. The number of hydrogen-bond acceptors (Lipinski definition) is 3. The van der Waals surface area contributed by atoms with Crippen molar-refractivity contribution >= 4 is 16.0 Å². The highest BCUT2D eigenvalue weighted by Gasteiger charge is 2.10. The first-order valence-corrected chi connectivity index (χ1v) is 6.89. The maximum atomic E-state index is 11.3. The summed E-state index contributed by atoms with van der Waals surface area (Å²) >= 11 is 0. The standard InChI is InChI=1S/C13H11NO4S/c14-19(17,18)12-6-2-4-10(8-12)9-3-1-5-11(7-9)13(15)16/h1-8H,(H,15,16)(H2,14,17,18). The van der Waals surface area contributed by atoms with Crippen LogP contribution in [0.3, 0.4) is 0 Å². The van der Waals surface area contributed by atoms with E-state index in [-0.39, 0.29) is 10.5 Å². The van der Waals surface area contributed by atoms with Gasteiger partial charge in [-0.1, -0.05) is 24.3 Å². The van der Waals surface area contributed by atoms with E-state index in [0.29, 0.717) is 11.1 Å². The third-order valence-electron chi connectivity index (χ3n) is 2.61. The highest BCUT2D eigenvalue weighted by atomic mass is 32.2. The Kier molecular flexibility index (Phi) is 3.37. The van der Waals surface area contributed by atoms with Gasteiger partial charge in [-0.2, -0.15) is 0 Å². The lowest BCUT2D eigenvalue weighted by Crippen LogP contribution is -2.11. The molecule has 0 amide bonds. The average Bonchev–Trinajstić information content (AvgIpc) is 2.38. The molecule has 0 aliphatic heterocycles. The third kappa shape index (κ3) is 2.98. The Morgan fingerprint density at radius 3 is 2.16 bits per heavy atom. The largest absolute Gasteiger partial charge is 0.478 e. The van der Waals surface area contributed by atoms with Crippen molar-refractivity contribution in [2.24, 2.45) is 5.14 Å². The highest BCUT2D eigenvalue weighted by molar-refractivity contribution is 7.89. The van der Waals surface area contributed by atoms with Gasteiger partial charge in [-0.3, -0.25) is 0 Å². The Hall–Kier alpha value is -2.18. The van der Waals surface area contributed by atoms with Gasteiger partial charge in [-0.25, -0.2) is 18.4 Å². The molecule has 0 radical (unpaired) electrons. The summed E-state index contributed by atoms with van der Waals surface area (Å²) in [5.41, 5.74) is 1.35. The van der Waals surface area contributed by atoms with E-state index in [1.54, 1.807) is 24.3 Å². The molecule has 2 aromatic rings. The molecule has 5 nitrogen and oxygen atoms in total. The Morgan fingerprint density at radius 2 is 1.58 bits per heavy atom. The van der Waals surface area contributed by atoms with Gasteiger partial charge < -0.3 is 5.11 Å². The smallest absolute Gasteiger partial charge is 0.335 e. The van der Waals surface area contributed by atoms with Crippen LogP contribution < -0.4 is 5.14 Å². The number of carboxylic acid groups (broad SMARTS) is 1. The molecule has 0 bridgehead atoms. The fourth-order valence-corrected chi connectivity index (χ4v) is 2.24. The van der Waals surface area contributed by atoms with Crippen LogP contribution in [0.25, 0.3) is 11.1 Å². The Balaban J connectivity index is 2.54. The number of benzene rings is 2. The van der Waals surface area contributed by atoms with Crippen LogP contribution in [-0.4, -0.2) is 19.5 Å². The van der Waals surface area contributed by atoms with Crippen LogP contribution >= 0.6 is 0 Å². The van der Waals surface area contributed by atoms with E-state index < -0.39 is 16.0 Å². The van der Waals surface area contributed by atoms with E-state index in [2.05, 4.69) is 0 Å². The van der Waals surface area contributed by atoms with Crippen LogP contribution in [0.5, 0.6) is 0 Å². The fraction of sp³-hybridized carbons (Fsp3) is 0. The lowest BCUT2D eigenvalue weighted by molar-refractivity contribution is 0.0697. The van der Waals surface area contributed by atoms with Crippen LogP contribution in [0.1, 0.15) is 10.4 Å². The number of sulfonamides is 1. The van der Waals surface area contributed by atoms with E-state index in [9.17, 15) is 13.2 Å². The Bertz CT molecular complexity index is 738. The van der Waals surface area contributed by atoms with Gasteiger partial charge in [0.05, 0.1) is 10.5 Å². The van der Waals surface area contributed by atoms with Crippen LogP contribution in [0.4, 0.5) is 0 Å². The molecule has 0 aliphatic rings. The molecule has 3 N–H and O–H groups in total. The van der Waals surface area contributed by atoms with Crippen molar-refractivity contribution < 1.29 is 18.3 Å². The number of nitrogens with two attached hydrogens (primary N) is 1. The summed E-state index contributed by atoms with van der Waals surface area (Å²) in [7, 11) is -3.78. The maximum Gasteiger partial charge on any atom is 0.335 e. The number of hydrogen-bond donors (Lipinski definition) is 2. The Labute approximate surface area is 110 Å². The quantitative estimate of drug-likeness (QED) is 0.892. The second kappa shape index (κ2) is 4.83. The van der Waals surface area contributed by atoms with E-state index in [1.807, 2.05) is 0 Å². The number of aromatic carboxylic acids is 1. The van der Waals surface area contributed by atoms with Crippen molar-refractivity contribution in [3.05, 3.63) is 54.1 Å². The average molecular weight is 277 g/mol. The molecular weight excluding hydrogens is 266 g/mol. The molecule has 98 valence electrons. The van der Waals surface area contributed by atoms with Crippen molar-refractivity contribution in [2.75, 3.05) is 0 Å². The summed E-state index contributed by atoms with van der Waals surface area (Å²) in [6.07, 6.45) is 0. The second-order valence-electron chi connectivity index (χ2n) is 3.96. The van der Waals surface area contributed by atoms with Crippen LogP contribution in [0.2, 0.25) is 0 Å². The topological polar surface area (TPSA) is 97.5 Å². The van der Waals surface area contributed by atoms with Gasteiger partial charge in [0.15, 0.2) is 0 Å². The van der Waals surface area contributed by atoms with Gasteiger partial charge >= 0.3 is 5.97 Å². The summed E-state index contributed by atoms with van der Waals surface area (Å²) in [6, 6.07) is 12.3. The second-order valence-corrected chi connectivity index (χ2v) is 5.52. The highest BCUT2D eigenvalue weighted by Crippen LogP contribution is 2.23. The molecule has 2 rings (SSSR count). The minimum absolute atomic E-state index is 0.00859. The zero-order chi connectivity index (χ0) is 14.0. The van der Waals surface area contributed by atoms with Crippen molar-refractivity contribution in [2.45, 2.75) is 4.90 Å². The van der Waals surface area contributed by atoms with Gasteiger partial charge in [0.2, 0.25) is 10.0 Å². The molecule has 0 fully saturated rings. The first-order chi connectivity index (χ1) is 8.88. The number of rotatable bonds is 3. The minimum atomic E-state index is -3.78. The van der Waals surface area contributed by atoms with E-state index in [0.717, 1.165) is 0 Å². The molecule has 19 heavy (non-hydrogen) atoms. The Morgan fingerprint density at radius 1 is 1.00 bits per heavy atom. The maximum absolute atomic E-state index is 11.3. The SMILES string of the molecule is NS(=O)(=O)c1cccc(-c2cccc(C(=O)O)c2)c1. The molecule has 6 heteroatoms. The number of carboxylic acids is 1. The summed E-state index contributed by atoms with van der Waals surface area (Å²) in [5.74, 6) is -1.04. The first-order valence-electron chi connectivity index (χ1n) is 5.34. The molecule has 2 aromatic carbocycles. The number of carbonyl (C=O) groups is 1. The monoisotopic (exact) mass is 277 g/mol. The predicted molar refractivity (Wildman–Crippen MR) is 70.2 cm³/mol. The van der Waals surface area contributed by atoms with Crippen molar-refractivity contribution in [3.8, 4) is 11.1 Å². The zero-order valence-electron chi connectivity index (χ0n) is 9.78. The fourth-order valence-electron chi connectivity index (χ4n) is 1.68. The molecule has 0 saturated heterocycles. The molecule has 0 aliphatic carbocycles. The molecule has 0 heterocycles. The summed E-state index contributed by atoms with van der Waals surface area (Å²) in [6.45, 7) is 0. The van der Waals surface area contributed by atoms with Crippen molar-refractivity contribution in [3.63, 3.8) is 0 Å².